The van der Waals surface area contributed by atoms with E-state index < -0.39 is 0 Å². The van der Waals surface area contributed by atoms with Gasteiger partial charge in [0.2, 0.25) is 0 Å². The van der Waals surface area contributed by atoms with Crippen LogP contribution in [-0.4, -0.2) is 22.8 Å². The summed E-state index contributed by atoms with van der Waals surface area (Å²) >= 11 is 0. The summed E-state index contributed by atoms with van der Waals surface area (Å²) in [4.78, 5) is 0. The highest BCUT2D eigenvalue weighted by atomic mass is 35.5. The van der Waals surface area contributed by atoms with E-state index in [0.717, 1.165) is 19.4 Å². The van der Waals surface area contributed by atoms with Crippen molar-refractivity contribution in [3.05, 3.63) is 0 Å². The number of rotatable bonds is 0. The molecule has 0 bridgehead atoms. The second-order valence-electron chi connectivity index (χ2n) is 4.13. The SMILES string of the molecule is CC1(O)CCNC2(CC2)C1.Cl. The summed E-state index contributed by atoms with van der Waals surface area (Å²) in [5.74, 6) is 0. The fraction of sp³-hybridized carbons (Fsp3) is 1.00. The Morgan fingerprint density at radius 3 is 2.27 bits per heavy atom. The van der Waals surface area contributed by atoms with Gasteiger partial charge in [0.25, 0.3) is 0 Å². The first-order chi connectivity index (χ1) is 4.62. The predicted molar refractivity (Wildman–Crippen MR) is 47.1 cm³/mol. The Hall–Kier alpha value is 0.210. The average molecular weight is 178 g/mol. The zero-order valence-corrected chi connectivity index (χ0v) is 7.71. The monoisotopic (exact) mass is 177 g/mol. The van der Waals surface area contributed by atoms with Crippen LogP contribution in [0.5, 0.6) is 0 Å². The number of piperidine rings is 1. The maximum Gasteiger partial charge on any atom is 0.0649 e. The summed E-state index contributed by atoms with van der Waals surface area (Å²) in [5.41, 5.74) is -0.0243. The zero-order chi connectivity index (χ0) is 7.24. The van der Waals surface area contributed by atoms with Crippen LogP contribution in [-0.2, 0) is 0 Å². The molecule has 0 aromatic rings. The topological polar surface area (TPSA) is 32.3 Å². The molecular weight excluding hydrogens is 162 g/mol. The molecule has 1 saturated carbocycles. The maximum atomic E-state index is 9.71. The van der Waals surface area contributed by atoms with Crippen LogP contribution in [0.25, 0.3) is 0 Å². The van der Waals surface area contributed by atoms with E-state index in [1.165, 1.54) is 12.8 Å². The van der Waals surface area contributed by atoms with Crippen molar-refractivity contribution in [2.45, 2.75) is 43.7 Å². The number of hydrogen-bond donors (Lipinski definition) is 2. The van der Waals surface area contributed by atoms with Crippen molar-refractivity contribution in [1.82, 2.24) is 5.32 Å². The molecule has 66 valence electrons. The van der Waals surface area contributed by atoms with Crippen LogP contribution in [0.2, 0.25) is 0 Å². The van der Waals surface area contributed by atoms with E-state index in [2.05, 4.69) is 5.32 Å². The molecule has 1 atom stereocenters. The number of hydrogen-bond acceptors (Lipinski definition) is 2. The highest BCUT2D eigenvalue weighted by molar-refractivity contribution is 5.85. The molecule has 0 radical (unpaired) electrons. The Balaban J connectivity index is 0.000000605. The van der Waals surface area contributed by atoms with Crippen LogP contribution in [0, 0.1) is 0 Å². The minimum atomic E-state index is -0.387. The number of nitrogens with one attached hydrogen (secondary N) is 1. The minimum absolute atomic E-state index is 0. The van der Waals surface area contributed by atoms with Crippen molar-refractivity contribution in [3.8, 4) is 0 Å². The Kier molecular flexibility index (Phi) is 2.21. The average Bonchev–Trinajstić information content (AvgIpc) is 2.45. The fourth-order valence-corrected chi connectivity index (χ4v) is 1.98. The molecule has 1 saturated heterocycles. The van der Waals surface area contributed by atoms with Gasteiger partial charge in [-0.2, -0.15) is 0 Å². The third-order valence-electron chi connectivity index (χ3n) is 2.74. The summed E-state index contributed by atoms with van der Waals surface area (Å²) in [6, 6.07) is 0. The van der Waals surface area contributed by atoms with Crippen LogP contribution in [0.15, 0.2) is 0 Å². The molecule has 2 N–H and O–H groups in total. The molecule has 0 aromatic carbocycles. The van der Waals surface area contributed by atoms with Crippen molar-refractivity contribution < 1.29 is 5.11 Å². The molecule has 2 fully saturated rings. The van der Waals surface area contributed by atoms with Crippen LogP contribution in [0.1, 0.15) is 32.6 Å². The van der Waals surface area contributed by atoms with Crippen molar-refractivity contribution in [2.24, 2.45) is 0 Å². The molecule has 2 aliphatic rings. The Morgan fingerprint density at radius 1 is 1.27 bits per heavy atom. The van der Waals surface area contributed by atoms with Gasteiger partial charge in [0.05, 0.1) is 5.60 Å². The van der Waals surface area contributed by atoms with Gasteiger partial charge < -0.3 is 10.4 Å². The fourth-order valence-electron chi connectivity index (χ4n) is 1.98. The largest absolute Gasteiger partial charge is 0.390 e. The molecule has 1 spiro atoms. The first-order valence-electron chi connectivity index (χ1n) is 4.09. The van der Waals surface area contributed by atoms with Gasteiger partial charge in [-0.25, -0.2) is 0 Å². The summed E-state index contributed by atoms with van der Waals surface area (Å²) < 4.78 is 0. The van der Waals surface area contributed by atoms with Crippen LogP contribution in [0.4, 0.5) is 0 Å². The lowest BCUT2D eigenvalue weighted by atomic mass is 9.88. The van der Waals surface area contributed by atoms with E-state index in [4.69, 9.17) is 0 Å². The van der Waals surface area contributed by atoms with Gasteiger partial charge >= 0.3 is 0 Å². The molecule has 0 amide bonds. The van der Waals surface area contributed by atoms with E-state index >= 15 is 0 Å². The zero-order valence-electron chi connectivity index (χ0n) is 6.89. The van der Waals surface area contributed by atoms with Gasteiger partial charge in [0.15, 0.2) is 0 Å². The van der Waals surface area contributed by atoms with E-state index in [9.17, 15) is 5.11 Å². The van der Waals surface area contributed by atoms with E-state index in [0.29, 0.717) is 5.54 Å². The Bertz CT molecular complexity index is 150. The molecule has 2 nitrogen and oxygen atoms in total. The lowest BCUT2D eigenvalue weighted by Crippen LogP contribution is -2.48. The van der Waals surface area contributed by atoms with Crippen LogP contribution >= 0.6 is 12.4 Å². The van der Waals surface area contributed by atoms with Gasteiger partial charge in [-0.1, -0.05) is 0 Å². The normalized spacial score (nSPS) is 39.8. The second-order valence-corrected chi connectivity index (χ2v) is 4.13. The molecule has 2 rings (SSSR count). The first-order valence-corrected chi connectivity index (χ1v) is 4.09. The molecular formula is C8H16ClNO. The standard InChI is InChI=1S/C8H15NO.ClH/c1-7(10)4-5-9-8(6-7)2-3-8;/h9-10H,2-6H2,1H3;1H. The molecule has 3 heteroatoms. The van der Waals surface area contributed by atoms with E-state index in [1.54, 1.807) is 0 Å². The lowest BCUT2D eigenvalue weighted by molar-refractivity contribution is 0.00883. The molecule has 11 heavy (non-hydrogen) atoms. The van der Waals surface area contributed by atoms with E-state index in [-0.39, 0.29) is 18.0 Å². The second kappa shape index (κ2) is 2.61. The molecule has 1 unspecified atom stereocenters. The highest BCUT2D eigenvalue weighted by Crippen LogP contribution is 2.45. The van der Waals surface area contributed by atoms with Gasteiger partial charge in [-0.15, -0.1) is 12.4 Å². The Morgan fingerprint density at radius 2 is 1.91 bits per heavy atom. The molecule has 1 aliphatic heterocycles. The smallest absolute Gasteiger partial charge is 0.0649 e. The van der Waals surface area contributed by atoms with Crippen LogP contribution in [0.3, 0.4) is 0 Å². The van der Waals surface area contributed by atoms with Gasteiger partial charge in [0.1, 0.15) is 0 Å². The number of halogens is 1. The summed E-state index contributed by atoms with van der Waals surface area (Å²) in [7, 11) is 0. The molecule has 1 aliphatic carbocycles. The summed E-state index contributed by atoms with van der Waals surface area (Å²) in [5, 5.41) is 13.2. The van der Waals surface area contributed by atoms with Crippen molar-refractivity contribution in [1.29, 1.82) is 0 Å². The van der Waals surface area contributed by atoms with Crippen molar-refractivity contribution in [3.63, 3.8) is 0 Å². The maximum absolute atomic E-state index is 9.71. The van der Waals surface area contributed by atoms with Crippen LogP contribution < -0.4 is 5.32 Å². The lowest BCUT2D eigenvalue weighted by Gasteiger charge is -2.35. The summed E-state index contributed by atoms with van der Waals surface area (Å²) in [6.45, 7) is 2.95. The van der Waals surface area contributed by atoms with E-state index in [1.807, 2.05) is 6.92 Å². The van der Waals surface area contributed by atoms with Gasteiger partial charge in [0, 0.05) is 5.54 Å². The van der Waals surface area contributed by atoms with Crippen molar-refractivity contribution >= 4 is 12.4 Å². The Labute approximate surface area is 73.8 Å². The first kappa shape index (κ1) is 9.30. The summed E-state index contributed by atoms with van der Waals surface area (Å²) in [6.07, 6.45) is 4.40. The highest BCUT2D eigenvalue weighted by Gasteiger charge is 2.49. The predicted octanol–water partition coefficient (Wildman–Crippen LogP) is 1.08. The quantitative estimate of drug-likeness (QED) is 0.581. The van der Waals surface area contributed by atoms with Gasteiger partial charge in [-0.3, -0.25) is 0 Å². The third-order valence-corrected chi connectivity index (χ3v) is 2.74. The molecule has 0 aromatic heterocycles. The van der Waals surface area contributed by atoms with Gasteiger partial charge in [-0.05, 0) is 39.2 Å². The third kappa shape index (κ3) is 1.86. The van der Waals surface area contributed by atoms with Crippen molar-refractivity contribution in [2.75, 3.05) is 6.54 Å². The minimum Gasteiger partial charge on any atom is -0.390 e. The number of aliphatic hydroxyl groups is 1. The molecule has 1 heterocycles.